The highest BCUT2D eigenvalue weighted by Crippen LogP contribution is 2.14. The van der Waals surface area contributed by atoms with Crippen LogP contribution in [0.5, 0.6) is 0 Å². The van der Waals surface area contributed by atoms with Crippen LogP contribution in [0.25, 0.3) is 0 Å². The molecule has 4 N–H and O–H groups in total. The van der Waals surface area contributed by atoms with Gasteiger partial charge in [-0.2, -0.15) is 0 Å². The van der Waals surface area contributed by atoms with Gasteiger partial charge in [-0.05, 0) is 32.0 Å². The zero-order valence-corrected chi connectivity index (χ0v) is 11.6. The Kier molecular flexibility index (Phi) is 5.65. The van der Waals surface area contributed by atoms with Crippen LogP contribution in [0.4, 0.5) is 14.9 Å². The van der Waals surface area contributed by atoms with E-state index in [0.717, 1.165) is 12.1 Å². The van der Waals surface area contributed by atoms with E-state index in [1.807, 2.05) is 0 Å². The maximum atomic E-state index is 13.4. The van der Waals surface area contributed by atoms with E-state index in [4.69, 9.17) is 5.11 Å². The Hall–Kier alpha value is -2.64. The number of rotatable bonds is 5. The van der Waals surface area contributed by atoms with Crippen molar-refractivity contribution < 1.29 is 23.9 Å². The first-order valence-electron chi connectivity index (χ1n) is 6.23. The number of halogens is 1. The number of carboxylic acid groups (broad SMARTS) is 1. The molecular formula is C13H16FN3O4. The second-order valence-electron chi connectivity index (χ2n) is 4.21. The Labute approximate surface area is 120 Å². The molecule has 8 heteroatoms. The molecule has 1 rings (SSSR count). The van der Waals surface area contributed by atoms with Crippen molar-refractivity contribution >= 4 is 23.6 Å². The molecule has 0 heterocycles. The quantitative estimate of drug-likeness (QED) is 0.654. The van der Waals surface area contributed by atoms with Crippen molar-refractivity contribution in [1.29, 1.82) is 0 Å². The van der Waals surface area contributed by atoms with Gasteiger partial charge >= 0.3 is 12.0 Å². The lowest BCUT2D eigenvalue weighted by molar-refractivity contribution is -0.122. The van der Waals surface area contributed by atoms with E-state index in [1.54, 1.807) is 6.92 Å². The summed E-state index contributed by atoms with van der Waals surface area (Å²) in [5.74, 6) is -2.70. The van der Waals surface area contributed by atoms with E-state index < -0.39 is 29.4 Å². The number of urea groups is 1. The van der Waals surface area contributed by atoms with E-state index in [1.165, 1.54) is 13.0 Å². The van der Waals surface area contributed by atoms with Crippen LogP contribution in [0.3, 0.4) is 0 Å². The molecule has 0 fully saturated rings. The first kappa shape index (κ1) is 16.4. The first-order valence-corrected chi connectivity index (χ1v) is 6.23. The largest absolute Gasteiger partial charge is 0.478 e. The summed E-state index contributed by atoms with van der Waals surface area (Å²) in [4.78, 5) is 33.7. The summed E-state index contributed by atoms with van der Waals surface area (Å²) in [6.45, 7) is 3.69. The molecule has 1 atom stereocenters. The first-order chi connectivity index (χ1) is 9.85. The van der Waals surface area contributed by atoms with Crippen LogP contribution in [0.1, 0.15) is 24.2 Å². The summed E-state index contributed by atoms with van der Waals surface area (Å²) >= 11 is 0. The summed E-state index contributed by atoms with van der Waals surface area (Å²) in [6.07, 6.45) is 0. The van der Waals surface area contributed by atoms with Gasteiger partial charge in [0.05, 0.1) is 5.56 Å². The Balaban J connectivity index is 2.65. The fourth-order valence-corrected chi connectivity index (χ4v) is 1.52. The normalized spacial score (nSPS) is 11.4. The van der Waals surface area contributed by atoms with Gasteiger partial charge in [0.15, 0.2) is 0 Å². The molecule has 1 aromatic carbocycles. The number of hydrogen-bond acceptors (Lipinski definition) is 3. The van der Waals surface area contributed by atoms with Crippen LogP contribution < -0.4 is 16.0 Å². The van der Waals surface area contributed by atoms with Crippen LogP contribution in [0.15, 0.2) is 18.2 Å². The lowest BCUT2D eigenvalue weighted by Crippen LogP contribution is -2.46. The van der Waals surface area contributed by atoms with Crippen molar-refractivity contribution in [3.8, 4) is 0 Å². The monoisotopic (exact) mass is 297 g/mol. The van der Waals surface area contributed by atoms with E-state index >= 15 is 0 Å². The predicted octanol–water partition coefficient (Wildman–Crippen LogP) is 1.17. The Morgan fingerprint density at radius 2 is 2.00 bits per heavy atom. The van der Waals surface area contributed by atoms with Gasteiger partial charge in [-0.3, -0.25) is 4.79 Å². The second kappa shape index (κ2) is 7.22. The third-order valence-corrected chi connectivity index (χ3v) is 2.55. The molecule has 0 bridgehead atoms. The van der Waals surface area contributed by atoms with Crippen molar-refractivity contribution in [2.45, 2.75) is 19.9 Å². The average Bonchev–Trinajstić information content (AvgIpc) is 2.38. The maximum Gasteiger partial charge on any atom is 0.338 e. The van der Waals surface area contributed by atoms with Crippen molar-refractivity contribution in [2.75, 3.05) is 11.9 Å². The number of amides is 3. The van der Waals surface area contributed by atoms with E-state index in [0.29, 0.717) is 6.54 Å². The van der Waals surface area contributed by atoms with Crippen LogP contribution in [0.2, 0.25) is 0 Å². The lowest BCUT2D eigenvalue weighted by atomic mass is 10.2. The minimum Gasteiger partial charge on any atom is -0.478 e. The molecule has 0 aliphatic carbocycles. The smallest absolute Gasteiger partial charge is 0.338 e. The fourth-order valence-electron chi connectivity index (χ4n) is 1.52. The fraction of sp³-hybridized carbons (Fsp3) is 0.308. The molecule has 0 saturated heterocycles. The van der Waals surface area contributed by atoms with Gasteiger partial charge in [-0.15, -0.1) is 0 Å². The molecule has 1 aromatic rings. The molecule has 1 unspecified atom stereocenters. The lowest BCUT2D eigenvalue weighted by Gasteiger charge is -2.14. The molecule has 21 heavy (non-hydrogen) atoms. The van der Waals surface area contributed by atoms with Crippen LogP contribution >= 0.6 is 0 Å². The number of hydrogen-bond donors (Lipinski definition) is 4. The molecule has 114 valence electrons. The Morgan fingerprint density at radius 1 is 1.33 bits per heavy atom. The van der Waals surface area contributed by atoms with Gasteiger partial charge < -0.3 is 21.1 Å². The summed E-state index contributed by atoms with van der Waals surface area (Å²) in [6, 6.07) is 1.73. The second-order valence-corrected chi connectivity index (χ2v) is 4.21. The van der Waals surface area contributed by atoms with Gasteiger partial charge in [0.2, 0.25) is 5.91 Å². The number of nitrogens with one attached hydrogen (secondary N) is 3. The SMILES string of the molecule is CCNC(=O)C(C)NC(=O)Nc1ccc(C(=O)O)c(F)c1. The topological polar surface area (TPSA) is 108 Å². The number of carbonyl (C=O) groups is 3. The number of carboxylic acids is 1. The summed E-state index contributed by atoms with van der Waals surface area (Å²) < 4.78 is 13.4. The molecular weight excluding hydrogens is 281 g/mol. The van der Waals surface area contributed by atoms with Gasteiger partial charge in [-0.25, -0.2) is 14.0 Å². The van der Waals surface area contributed by atoms with E-state index in [-0.39, 0.29) is 11.6 Å². The van der Waals surface area contributed by atoms with Gasteiger partial charge in [0.1, 0.15) is 11.9 Å². The standard InChI is InChI=1S/C13H16FN3O4/c1-3-15-11(18)7(2)16-13(21)17-8-4-5-9(12(19)20)10(14)6-8/h4-7H,3H2,1-2H3,(H,15,18)(H,19,20)(H2,16,17,21). The molecule has 0 aliphatic heterocycles. The zero-order chi connectivity index (χ0) is 16.0. The maximum absolute atomic E-state index is 13.4. The van der Waals surface area contributed by atoms with Crippen molar-refractivity contribution in [3.63, 3.8) is 0 Å². The van der Waals surface area contributed by atoms with Gasteiger partial charge in [-0.1, -0.05) is 0 Å². The third-order valence-electron chi connectivity index (χ3n) is 2.55. The number of likely N-dealkylation sites (N-methyl/N-ethyl adjacent to an activating group) is 1. The number of aromatic carboxylic acids is 1. The number of anilines is 1. The van der Waals surface area contributed by atoms with Gasteiger partial charge in [0, 0.05) is 12.2 Å². The van der Waals surface area contributed by atoms with E-state index in [2.05, 4.69) is 16.0 Å². The molecule has 0 aliphatic rings. The highest BCUT2D eigenvalue weighted by molar-refractivity contribution is 5.94. The van der Waals surface area contributed by atoms with Crippen LogP contribution in [-0.4, -0.2) is 35.6 Å². The van der Waals surface area contributed by atoms with Gasteiger partial charge in [0.25, 0.3) is 0 Å². The summed E-state index contributed by atoms with van der Waals surface area (Å²) in [7, 11) is 0. The van der Waals surface area contributed by atoms with E-state index in [9.17, 15) is 18.8 Å². The highest BCUT2D eigenvalue weighted by atomic mass is 19.1. The average molecular weight is 297 g/mol. The minimum absolute atomic E-state index is 0.0816. The Bertz CT molecular complexity index is 562. The van der Waals surface area contributed by atoms with Crippen molar-refractivity contribution in [2.24, 2.45) is 0 Å². The summed E-state index contributed by atoms with van der Waals surface area (Å²) in [5.41, 5.74) is -0.408. The van der Waals surface area contributed by atoms with Crippen molar-refractivity contribution in [3.05, 3.63) is 29.6 Å². The number of carbonyl (C=O) groups excluding carboxylic acids is 2. The highest BCUT2D eigenvalue weighted by Gasteiger charge is 2.15. The van der Waals surface area contributed by atoms with Crippen molar-refractivity contribution in [1.82, 2.24) is 10.6 Å². The molecule has 3 amide bonds. The third kappa shape index (κ3) is 4.75. The summed E-state index contributed by atoms with van der Waals surface area (Å²) in [5, 5.41) is 15.9. The molecule has 0 radical (unpaired) electrons. The van der Waals surface area contributed by atoms with Crippen LogP contribution in [0, 0.1) is 5.82 Å². The predicted molar refractivity (Wildman–Crippen MR) is 73.7 cm³/mol. The zero-order valence-electron chi connectivity index (χ0n) is 11.6. The molecule has 0 spiro atoms. The van der Waals surface area contributed by atoms with Crippen LogP contribution in [-0.2, 0) is 4.79 Å². The molecule has 7 nitrogen and oxygen atoms in total. The molecule has 0 saturated carbocycles. The minimum atomic E-state index is -1.40. The molecule has 0 aromatic heterocycles. The number of benzene rings is 1. The Morgan fingerprint density at radius 3 is 2.52 bits per heavy atom.